The molecule has 84 valence electrons. The Labute approximate surface area is 102 Å². The van der Waals surface area contributed by atoms with E-state index in [0.29, 0.717) is 11.4 Å². The van der Waals surface area contributed by atoms with E-state index in [0.717, 1.165) is 4.47 Å². The lowest BCUT2D eigenvalue weighted by Crippen LogP contribution is -2.10. The highest BCUT2D eigenvalue weighted by Crippen LogP contribution is 2.27. The van der Waals surface area contributed by atoms with Crippen LogP contribution in [0.1, 0.15) is 12.8 Å². The first-order valence-electron chi connectivity index (χ1n) is 4.67. The van der Waals surface area contributed by atoms with Crippen molar-refractivity contribution >= 4 is 27.5 Å². The maximum Gasteiger partial charge on any atom is 0.225 e. The number of methoxy groups -OCH3 is 1. The number of rotatable bonds is 4. The molecule has 0 aliphatic heterocycles. The van der Waals surface area contributed by atoms with Crippen molar-refractivity contribution in [2.45, 2.75) is 12.8 Å². The molecule has 1 amide bonds. The normalized spacial score (nSPS) is 9.31. The summed E-state index contributed by atoms with van der Waals surface area (Å²) >= 11 is 3.32. The second-order valence-electron chi connectivity index (χ2n) is 3.06. The molecule has 1 rings (SSSR count). The van der Waals surface area contributed by atoms with Gasteiger partial charge in [0.1, 0.15) is 5.75 Å². The van der Waals surface area contributed by atoms with Crippen LogP contribution in [-0.4, -0.2) is 13.0 Å². The summed E-state index contributed by atoms with van der Waals surface area (Å²) in [5, 5.41) is 11.0. The number of carbonyl (C=O) groups excluding carboxylic acids is 1. The summed E-state index contributed by atoms with van der Waals surface area (Å²) in [5.74, 6) is 0.536. The van der Waals surface area contributed by atoms with Gasteiger partial charge in [0.05, 0.1) is 17.7 Å². The number of hydrogen-bond acceptors (Lipinski definition) is 3. The highest BCUT2D eigenvalue weighted by molar-refractivity contribution is 9.10. The number of benzene rings is 1. The number of carbonyl (C=O) groups is 1. The first-order chi connectivity index (χ1) is 7.67. The van der Waals surface area contributed by atoms with Crippen LogP contribution in [0.4, 0.5) is 5.69 Å². The molecule has 16 heavy (non-hydrogen) atoms. The van der Waals surface area contributed by atoms with Gasteiger partial charge < -0.3 is 10.1 Å². The van der Waals surface area contributed by atoms with Crippen molar-refractivity contribution in [1.82, 2.24) is 0 Å². The van der Waals surface area contributed by atoms with Crippen LogP contribution in [0.2, 0.25) is 0 Å². The highest BCUT2D eigenvalue weighted by atomic mass is 79.9. The Kier molecular flexibility index (Phi) is 4.80. The van der Waals surface area contributed by atoms with Crippen LogP contribution in [0, 0.1) is 11.3 Å². The van der Waals surface area contributed by atoms with Crippen LogP contribution in [0.5, 0.6) is 5.75 Å². The summed E-state index contributed by atoms with van der Waals surface area (Å²) in [6.07, 6.45) is 0.434. The van der Waals surface area contributed by atoms with Gasteiger partial charge in [-0.05, 0) is 34.1 Å². The van der Waals surface area contributed by atoms with Crippen LogP contribution in [0.15, 0.2) is 22.7 Å². The third-order valence-corrected chi connectivity index (χ3v) is 2.52. The third kappa shape index (κ3) is 3.55. The Morgan fingerprint density at radius 1 is 1.62 bits per heavy atom. The number of nitriles is 1. The molecule has 1 aromatic rings. The Morgan fingerprint density at radius 3 is 2.94 bits per heavy atom. The Hall–Kier alpha value is -1.54. The van der Waals surface area contributed by atoms with E-state index in [4.69, 9.17) is 10.00 Å². The number of anilines is 1. The molecule has 0 bridgehead atoms. The topological polar surface area (TPSA) is 62.1 Å². The summed E-state index contributed by atoms with van der Waals surface area (Å²) in [7, 11) is 1.57. The Bertz CT molecular complexity index is 426. The molecule has 0 aliphatic rings. The zero-order valence-corrected chi connectivity index (χ0v) is 10.4. The maximum atomic E-state index is 11.3. The van der Waals surface area contributed by atoms with Crippen LogP contribution in [0.3, 0.4) is 0 Å². The van der Waals surface area contributed by atoms with Crippen molar-refractivity contribution in [3.8, 4) is 11.8 Å². The van der Waals surface area contributed by atoms with Crippen molar-refractivity contribution in [2.24, 2.45) is 0 Å². The quantitative estimate of drug-likeness (QED) is 0.924. The van der Waals surface area contributed by atoms with Gasteiger partial charge in [-0.3, -0.25) is 4.79 Å². The molecule has 0 saturated heterocycles. The average molecular weight is 283 g/mol. The summed E-state index contributed by atoms with van der Waals surface area (Å²) in [5.41, 5.74) is 0.676. The van der Waals surface area contributed by atoms with Gasteiger partial charge in [0.15, 0.2) is 0 Å². The van der Waals surface area contributed by atoms with Crippen LogP contribution >= 0.6 is 15.9 Å². The fraction of sp³-hybridized carbons (Fsp3) is 0.273. The molecule has 5 heteroatoms. The standard InChI is InChI=1S/C11H11BrN2O2/c1-16-10-5-4-8(7-9(10)12)14-11(15)3-2-6-13/h4-5,7H,2-3H2,1H3,(H,14,15). The minimum absolute atomic E-state index is 0.168. The molecule has 0 atom stereocenters. The van der Waals surface area contributed by atoms with Crippen molar-refractivity contribution in [3.05, 3.63) is 22.7 Å². The van der Waals surface area contributed by atoms with Crippen LogP contribution in [-0.2, 0) is 4.79 Å². The molecule has 0 aliphatic carbocycles. The summed E-state index contributed by atoms with van der Waals surface area (Å²) in [6.45, 7) is 0. The first-order valence-corrected chi connectivity index (χ1v) is 5.47. The summed E-state index contributed by atoms with van der Waals surface area (Å²) in [6, 6.07) is 7.17. The molecular weight excluding hydrogens is 272 g/mol. The number of ether oxygens (including phenoxy) is 1. The van der Waals surface area contributed by atoms with E-state index >= 15 is 0 Å². The predicted molar refractivity (Wildman–Crippen MR) is 64.2 cm³/mol. The molecule has 0 radical (unpaired) electrons. The predicted octanol–water partition coefficient (Wildman–Crippen LogP) is 2.70. The third-order valence-electron chi connectivity index (χ3n) is 1.90. The van der Waals surface area contributed by atoms with E-state index in [9.17, 15) is 4.79 Å². The fourth-order valence-electron chi connectivity index (χ4n) is 1.14. The van der Waals surface area contributed by atoms with Crippen LogP contribution in [0.25, 0.3) is 0 Å². The lowest BCUT2D eigenvalue weighted by Gasteiger charge is -2.07. The first kappa shape index (κ1) is 12.5. The molecule has 1 N–H and O–H groups in total. The van der Waals surface area contributed by atoms with Gasteiger partial charge in [-0.15, -0.1) is 0 Å². The van der Waals surface area contributed by atoms with E-state index in [1.807, 2.05) is 6.07 Å². The van der Waals surface area contributed by atoms with E-state index < -0.39 is 0 Å². The lowest BCUT2D eigenvalue weighted by atomic mass is 10.2. The molecule has 1 aromatic carbocycles. The monoisotopic (exact) mass is 282 g/mol. The Morgan fingerprint density at radius 2 is 2.38 bits per heavy atom. The number of amides is 1. The Balaban J connectivity index is 2.65. The molecule has 0 saturated carbocycles. The SMILES string of the molecule is COc1ccc(NC(=O)CCC#N)cc1Br. The largest absolute Gasteiger partial charge is 0.496 e. The van der Waals surface area contributed by atoms with Crippen molar-refractivity contribution in [1.29, 1.82) is 5.26 Å². The molecule has 0 fully saturated rings. The van der Waals surface area contributed by atoms with Crippen LogP contribution < -0.4 is 10.1 Å². The van der Waals surface area contributed by atoms with Gasteiger partial charge in [0.25, 0.3) is 0 Å². The molecular formula is C11H11BrN2O2. The van der Waals surface area contributed by atoms with Gasteiger partial charge in [-0.1, -0.05) is 0 Å². The van der Waals surface area contributed by atoms with Gasteiger partial charge in [-0.25, -0.2) is 0 Å². The van der Waals surface area contributed by atoms with Gasteiger partial charge in [-0.2, -0.15) is 5.26 Å². The smallest absolute Gasteiger partial charge is 0.225 e. The summed E-state index contributed by atoms with van der Waals surface area (Å²) in [4.78, 5) is 11.3. The minimum Gasteiger partial charge on any atom is -0.496 e. The summed E-state index contributed by atoms with van der Waals surface area (Å²) < 4.78 is 5.84. The van der Waals surface area contributed by atoms with Crippen molar-refractivity contribution < 1.29 is 9.53 Å². The zero-order valence-electron chi connectivity index (χ0n) is 8.79. The van der Waals surface area contributed by atoms with Gasteiger partial charge >= 0.3 is 0 Å². The van der Waals surface area contributed by atoms with Crippen molar-refractivity contribution in [2.75, 3.05) is 12.4 Å². The average Bonchev–Trinajstić information content (AvgIpc) is 2.26. The molecule has 0 heterocycles. The molecule has 0 unspecified atom stereocenters. The highest BCUT2D eigenvalue weighted by Gasteiger charge is 2.04. The number of hydrogen-bond donors (Lipinski definition) is 1. The zero-order chi connectivity index (χ0) is 12.0. The second kappa shape index (κ2) is 6.13. The fourth-order valence-corrected chi connectivity index (χ4v) is 1.68. The second-order valence-corrected chi connectivity index (χ2v) is 3.91. The van der Waals surface area contributed by atoms with E-state index in [1.165, 1.54) is 0 Å². The number of nitrogens with one attached hydrogen (secondary N) is 1. The van der Waals surface area contributed by atoms with Crippen molar-refractivity contribution in [3.63, 3.8) is 0 Å². The maximum absolute atomic E-state index is 11.3. The molecule has 0 spiro atoms. The van der Waals surface area contributed by atoms with E-state index in [1.54, 1.807) is 25.3 Å². The van der Waals surface area contributed by atoms with E-state index in [2.05, 4.69) is 21.2 Å². The number of halogens is 1. The number of nitrogens with zero attached hydrogens (tertiary/aromatic N) is 1. The van der Waals surface area contributed by atoms with E-state index in [-0.39, 0.29) is 18.7 Å². The minimum atomic E-state index is -0.168. The molecule has 4 nitrogen and oxygen atoms in total. The van der Waals surface area contributed by atoms with Gasteiger partial charge in [0, 0.05) is 18.5 Å². The lowest BCUT2D eigenvalue weighted by molar-refractivity contribution is -0.116. The molecule has 0 aromatic heterocycles. The van der Waals surface area contributed by atoms with Gasteiger partial charge in [0.2, 0.25) is 5.91 Å².